The van der Waals surface area contributed by atoms with Crippen LogP contribution in [-0.4, -0.2) is 17.9 Å². The van der Waals surface area contributed by atoms with Gasteiger partial charge in [-0.3, -0.25) is 4.79 Å². The first-order chi connectivity index (χ1) is 8.70. The normalized spacial score (nSPS) is 10.0. The van der Waals surface area contributed by atoms with Gasteiger partial charge in [0, 0.05) is 13.6 Å². The van der Waals surface area contributed by atoms with Gasteiger partial charge in [-0.05, 0) is 22.4 Å². The SMILES string of the molecule is CN(Cc1ccc2ccccc2c1)C(=O)CC#N. The number of carbonyl (C=O) groups excluding carboxylic acids is 1. The molecular formula is C15H14N2O. The number of benzene rings is 2. The van der Waals surface area contributed by atoms with Gasteiger partial charge in [0.15, 0.2) is 0 Å². The lowest BCUT2D eigenvalue weighted by atomic mass is 10.1. The van der Waals surface area contributed by atoms with E-state index in [1.165, 1.54) is 5.39 Å². The number of hydrogen-bond acceptors (Lipinski definition) is 2. The van der Waals surface area contributed by atoms with Gasteiger partial charge < -0.3 is 4.90 Å². The highest BCUT2D eigenvalue weighted by atomic mass is 16.2. The summed E-state index contributed by atoms with van der Waals surface area (Å²) in [6.45, 7) is 0.533. The Kier molecular flexibility index (Phi) is 3.59. The topological polar surface area (TPSA) is 44.1 Å². The molecule has 0 aliphatic carbocycles. The summed E-state index contributed by atoms with van der Waals surface area (Å²) in [4.78, 5) is 13.1. The van der Waals surface area contributed by atoms with Crippen LogP contribution in [0.2, 0.25) is 0 Å². The molecule has 2 aromatic rings. The molecule has 0 radical (unpaired) electrons. The second-order valence-corrected chi connectivity index (χ2v) is 4.27. The van der Waals surface area contributed by atoms with Crippen molar-refractivity contribution < 1.29 is 4.79 Å². The standard InChI is InChI=1S/C15H14N2O/c1-17(15(18)8-9-16)11-12-6-7-13-4-2-3-5-14(13)10-12/h2-7,10H,8,11H2,1H3. The van der Waals surface area contributed by atoms with Gasteiger partial charge in [-0.1, -0.05) is 36.4 Å². The molecule has 0 heterocycles. The van der Waals surface area contributed by atoms with Crippen LogP contribution in [0.1, 0.15) is 12.0 Å². The predicted molar refractivity (Wildman–Crippen MR) is 70.7 cm³/mol. The van der Waals surface area contributed by atoms with Crippen LogP contribution in [0.4, 0.5) is 0 Å². The average molecular weight is 238 g/mol. The minimum atomic E-state index is -0.148. The quantitative estimate of drug-likeness (QED) is 0.825. The molecule has 2 aromatic carbocycles. The lowest BCUT2D eigenvalue weighted by Crippen LogP contribution is -2.25. The second-order valence-electron chi connectivity index (χ2n) is 4.27. The molecule has 0 aromatic heterocycles. The molecule has 0 N–H and O–H groups in total. The minimum absolute atomic E-state index is 0.0654. The zero-order valence-electron chi connectivity index (χ0n) is 10.3. The molecule has 0 aliphatic rings. The van der Waals surface area contributed by atoms with E-state index in [0.29, 0.717) is 6.54 Å². The van der Waals surface area contributed by atoms with Gasteiger partial charge >= 0.3 is 0 Å². The number of nitrogens with zero attached hydrogens (tertiary/aromatic N) is 2. The summed E-state index contributed by atoms with van der Waals surface area (Å²) >= 11 is 0. The van der Waals surface area contributed by atoms with Crippen LogP contribution < -0.4 is 0 Å². The number of amides is 1. The largest absolute Gasteiger partial charge is 0.341 e. The maximum Gasteiger partial charge on any atom is 0.236 e. The van der Waals surface area contributed by atoms with Gasteiger partial charge in [0.25, 0.3) is 0 Å². The third-order valence-electron chi connectivity index (χ3n) is 2.89. The summed E-state index contributed by atoms with van der Waals surface area (Å²) in [6.07, 6.45) is -0.0654. The predicted octanol–water partition coefficient (Wildman–Crippen LogP) is 2.71. The van der Waals surface area contributed by atoms with Gasteiger partial charge in [0.2, 0.25) is 5.91 Å². The average Bonchev–Trinajstić information content (AvgIpc) is 2.39. The molecule has 0 saturated carbocycles. The molecule has 0 spiro atoms. The number of fused-ring (bicyclic) bond motifs is 1. The van der Waals surface area contributed by atoms with Crippen molar-refractivity contribution in [3.8, 4) is 6.07 Å². The highest BCUT2D eigenvalue weighted by Gasteiger charge is 2.08. The van der Waals surface area contributed by atoms with Crippen LogP contribution in [0.15, 0.2) is 42.5 Å². The molecule has 0 bridgehead atoms. The fourth-order valence-corrected chi connectivity index (χ4v) is 1.90. The third kappa shape index (κ3) is 2.67. The summed E-state index contributed by atoms with van der Waals surface area (Å²) in [7, 11) is 1.72. The molecular weight excluding hydrogens is 224 g/mol. The van der Waals surface area contributed by atoms with Gasteiger partial charge in [0.05, 0.1) is 6.07 Å². The van der Waals surface area contributed by atoms with E-state index in [-0.39, 0.29) is 12.3 Å². The van der Waals surface area contributed by atoms with Crippen molar-refractivity contribution in [3.63, 3.8) is 0 Å². The minimum Gasteiger partial charge on any atom is -0.341 e. The van der Waals surface area contributed by atoms with E-state index < -0.39 is 0 Å². The maximum absolute atomic E-state index is 11.5. The number of carbonyl (C=O) groups is 1. The first kappa shape index (κ1) is 12.1. The number of rotatable bonds is 3. The van der Waals surface area contributed by atoms with E-state index in [2.05, 4.69) is 18.2 Å². The second kappa shape index (κ2) is 5.33. The van der Waals surface area contributed by atoms with Crippen molar-refractivity contribution in [2.24, 2.45) is 0 Å². The first-order valence-corrected chi connectivity index (χ1v) is 5.79. The Morgan fingerprint density at radius 1 is 1.22 bits per heavy atom. The van der Waals surface area contributed by atoms with Gasteiger partial charge in [-0.15, -0.1) is 0 Å². The van der Waals surface area contributed by atoms with E-state index in [1.54, 1.807) is 11.9 Å². The van der Waals surface area contributed by atoms with E-state index >= 15 is 0 Å². The molecule has 0 atom stereocenters. The fourth-order valence-electron chi connectivity index (χ4n) is 1.90. The molecule has 0 unspecified atom stereocenters. The van der Waals surface area contributed by atoms with Crippen LogP contribution in [0.5, 0.6) is 0 Å². The van der Waals surface area contributed by atoms with E-state index in [0.717, 1.165) is 10.9 Å². The molecule has 2 rings (SSSR count). The van der Waals surface area contributed by atoms with Crippen LogP contribution in [-0.2, 0) is 11.3 Å². The van der Waals surface area contributed by atoms with Crippen molar-refractivity contribution in [1.82, 2.24) is 4.90 Å². The summed E-state index contributed by atoms with van der Waals surface area (Å²) in [5.74, 6) is -0.148. The molecule has 90 valence electrons. The Morgan fingerprint density at radius 3 is 2.67 bits per heavy atom. The van der Waals surface area contributed by atoms with Crippen molar-refractivity contribution in [1.29, 1.82) is 5.26 Å². The smallest absolute Gasteiger partial charge is 0.236 e. The van der Waals surface area contributed by atoms with Crippen LogP contribution in [0.25, 0.3) is 10.8 Å². The summed E-state index contributed by atoms with van der Waals surface area (Å²) in [5.41, 5.74) is 1.07. The Balaban J connectivity index is 2.17. The Hall–Kier alpha value is -2.34. The van der Waals surface area contributed by atoms with Crippen LogP contribution >= 0.6 is 0 Å². The zero-order valence-corrected chi connectivity index (χ0v) is 10.3. The van der Waals surface area contributed by atoms with Crippen molar-refractivity contribution in [2.45, 2.75) is 13.0 Å². The Bertz CT molecular complexity index is 613. The highest BCUT2D eigenvalue weighted by molar-refractivity contribution is 5.83. The van der Waals surface area contributed by atoms with Gasteiger partial charge in [-0.25, -0.2) is 0 Å². The molecule has 18 heavy (non-hydrogen) atoms. The van der Waals surface area contributed by atoms with Gasteiger partial charge in [0.1, 0.15) is 6.42 Å². The Labute approximate surface area is 106 Å². The molecule has 0 aliphatic heterocycles. The molecule has 0 saturated heterocycles. The summed E-state index contributed by atoms with van der Waals surface area (Å²) in [6, 6.07) is 16.1. The highest BCUT2D eigenvalue weighted by Crippen LogP contribution is 2.16. The number of hydrogen-bond donors (Lipinski definition) is 0. The lowest BCUT2D eigenvalue weighted by Gasteiger charge is -2.16. The maximum atomic E-state index is 11.5. The Morgan fingerprint density at radius 2 is 1.94 bits per heavy atom. The van der Waals surface area contributed by atoms with Crippen LogP contribution in [0, 0.1) is 11.3 Å². The monoisotopic (exact) mass is 238 g/mol. The van der Waals surface area contributed by atoms with E-state index in [4.69, 9.17) is 5.26 Å². The van der Waals surface area contributed by atoms with Gasteiger partial charge in [-0.2, -0.15) is 5.26 Å². The van der Waals surface area contributed by atoms with Crippen molar-refractivity contribution in [2.75, 3.05) is 7.05 Å². The molecule has 0 fully saturated rings. The molecule has 3 heteroatoms. The summed E-state index contributed by atoms with van der Waals surface area (Å²) < 4.78 is 0. The first-order valence-electron chi connectivity index (χ1n) is 5.79. The number of nitriles is 1. The van der Waals surface area contributed by atoms with E-state index in [9.17, 15) is 4.79 Å². The van der Waals surface area contributed by atoms with Crippen molar-refractivity contribution in [3.05, 3.63) is 48.0 Å². The van der Waals surface area contributed by atoms with E-state index in [1.807, 2.05) is 30.3 Å². The van der Waals surface area contributed by atoms with Crippen LogP contribution in [0.3, 0.4) is 0 Å². The lowest BCUT2D eigenvalue weighted by molar-refractivity contribution is -0.129. The third-order valence-corrected chi connectivity index (χ3v) is 2.89. The zero-order chi connectivity index (χ0) is 13.0. The summed E-state index contributed by atoms with van der Waals surface area (Å²) in [5, 5.41) is 10.8. The van der Waals surface area contributed by atoms with Crippen molar-refractivity contribution >= 4 is 16.7 Å². The molecule has 3 nitrogen and oxygen atoms in total. The fraction of sp³-hybridized carbons (Fsp3) is 0.200. The molecule has 1 amide bonds.